The number of methoxy groups -OCH3 is 1. The Balaban J connectivity index is 1.62. The number of hydrogen-bond acceptors (Lipinski definition) is 3. The molecular weight excluding hydrogens is 304 g/mol. The van der Waals surface area contributed by atoms with Gasteiger partial charge in [0.2, 0.25) is 5.91 Å². The van der Waals surface area contributed by atoms with Crippen LogP contribution in [0.4, 0.5) is 5.69 Å². The molecule has 0 unspecified atom stereocenters. The Labute approximate surface area is 137 Å². The molecule has 4 aromatic rings. The maximum absolute atomic E-state index is 12.5. The van der Waals surface area contributed by atoms with Crippen LogP contribution in [0.2, 0.25) is 0 Å². The normalized spacial score (nSPS) is 11.0. The summed E-state index contributed by atoms with van der Waals surface area (Å²) in [5, 5.41) is 11.8. The minimum Gasteiger partial charge on any atom is -0.496 e. The van der Waals surface area contributed by atoms with Crippen molar-refractivity contribution in [1.82, 2.24) is 15.2 Å². The van der Waals surface area contributed by atoms with Crippen molar-refractivity contribution in [3.05, 3.63) is 54.4 Å². The largest absolute Gasteiger partial charge is 0.496 e. The lowest BCUT2D eigenvalue weighted by Crippen LogP contribution is -2.14. The van der Waals surface area contributed by atoms with Crippen LogP contribution in [0, 0.1) is 0 Å². The Hall–Kier alpha value is -3.28. The molecule has 6 nitrogen and oxygen atoms in total. The van der Waals surface area contributed by atoms with Gasteiger partial charge in [0.1, 0.15) is 5.75 Å². The van der Waals surface area contributed by atoms with Crippen LogP contribution in [0.25, 0.3) is 21.8 Å². The number of rotatable bonds is 4. The number of H-pyrrole nitrogens is 2. The molecule has 0 fully saturated rings. The Bertz CT molecular complexity index is 1030. The van der Waals surface area contributed by atoms with Gasteiger partial charge in [-0.15, -0.1) is 0 Å². The van der Waals surface area contributed by atoms with Gasteiger partial charge in [0.05, 0.1) is 30.9 Å². The van der Waals surface area contributed by atoms with Gasteiger partial charge in [-0.25, -0.2) is 0 Å². The Morgan fingerprint density at radius 1 is 1.25 bits per heavy atom. The Kier molecular flexibility index (Phi) is 3.42. The lowest BCUT2D eigenvalue weighted by molar-refractivity contribution is -0.115. The molecule has 0 aliphatic rings. The molecule has 3 N–H and O–H groups in total. The smallest absolute Gasteiger partial charge is 0.228 e. The molecular formula is C18H16N4O2. The van der Waals surface area contributed by atoms with Crippen LogP contribution in [0.3, 0.4) is 0 Å². The number of carbonyl (C=O) groups is 1. The maximum Gasteiger partial charge on any atom is 0.228 e. The number of aromatic nitrogens is 3. The fraction of sp³-hybridized carbons (Fsp3) is 0.111. The fourth-order valence-electron chi connectivity index (χ4n) is 2.97. The van der Waals surface area contributed by atoms with E-state index in [0.29, 0.717) is 0 Å². The predicted molar refractivity (Wildman–Crippen MR) is 93.3 cm³/mol. The highest BCUT2D eigenvalue weighted by molar-refractivity contribution is 6.02. The first-order valence-electron chi connectivity index (χ1n) is 7.61. The van der Waals surface area contributed by atoms with Gasteiger partial charge in [-0.05, 0) is 23.8 Å². The number of benzene rings is 2. The van der Waals surface area contributed by atoms with Gasteiger partial charge in [0.15, 0.2) is 0 Å². The van der Waals surface area contributed by atoms with E-state index in [1.165, 1.54) is 0 Å². The van der Waals surface area contributed by atoms with Gasteiger partial charge in [-0.1, -0.05) is 18.2 Å². The summed E-state index contributed by atoms with van der Waals surface area (Å²) in [4.78, 5) is 15.7. The predicted octanol–water partition coefficient (Wildman–Crippen LogP) is 3.23. The molecule has 0 aliphatic heterocycles. The molecule has 0 saturated heterocycles. The van der Waals surface area contributed by atoms with Crippen molar-refractivity contribution in [3.63, 3.8) is 0 Å². The Morgan fingerprint density at radius 2 is 2.12 bits per heavy atom. The van der Waals surface area contributed by atoms with Gasteiger partial charge in [-0.3, -0.25) is 9.89 Å². The molecule has 0 saturated carbocycles. The van der Waals surface area contributed by atoms with Crippen LogP contribution in [0.15, 0.2) is 48.8 Å². The summed E-state index contributed by atoms with van der Waals surface area (Å²) < 4.78 is 5.41. The number of carbonyl (C=O) groups excluding carboxylic acids is 1. The van der Waals surface area contributed by atoms with Crippen molar-refractivity contribution in [1.29, 1.82) is 0 Å². The monoisotopic (exact) mass is 320 g/mol. The van der Waals surface area contributed by atoms with Crippen LogP contribution in [-0.2, 0) is 11.2 Å². The number of nitrogens with zero attached hydrogens (tertiary/aromatic N) is 1. The van der Waals surface area contributed by atoms with Crippen molar-refractivity contribution in [2.45, 2.75) is 6.42 Å². The first-order chi connectivity index (χ1) is 11.8. The molecule has 2 aromatic heterocycles. The third-order valence-electron chi connectivity index (χ3n) is 4.07. The summed E-state index contributed by atoms with van der Waals surface area (Å²) in [6, 6.07) is 11.5. The number of nitrogens with one attached hydrogen (secondary N) is 3. The summed E-state index contributed by atoms with van der Waals surface area (Å²) in [5.41, 5.74) is 3.40. The maximum atomic E-state index is 12.5. The molecule has 0 bridgehead atoms. The third-order valence-corrected chi connectivity index (χ3v) is 4.07. The van der Waals surface area contributed by atoms with Crippen molar-refractivity contribution in [2.75, 3.05) is 12.4 Å². The molecule has 2 aromatic carbocycles. The minimum absolute atomic E-state index is 0.0936. The Morgan fingerprint density at radius 3 is 3.00 bits per heavy atom. The second kappa shape index (κ2) is 5.73. The van der Waals surface area contributed by atoms with Gasteiger partial charge < -0.3 is 15.0 Å². The molecule has 0 aliphatic carbocycles. The number of anilines is 1. The van der Waals surface area contributed by atoms with E-state index >= 15 is 0 Å². The SMILES string of the molecule is COc1cccc2[nH]cc(CC(=O)Nc3cccc4cn[nH]c34)c12. The quantitative estimate of drug-likeness (QED) is 0.540. The van der Waals surface area contributed by atoms with E-state index in [1.807, 2.05) is 42.6 Å². The van der Waals surface area contributed by atoms with Crippen LogP contribution < -0.4 is 10.1 Å². The van der Waals surface area contributed by atoms with E-state index in [1.54, 1.807) is 13.3 Å². The molecule has 0 spiro atoms. The summed E-state index contributed by atoms with van der Waals surface area (Å²) in [7, 11) is 1.63. The second-order valence-corrected chi connectivity index (χ2v) is 5.56. The first kappa shape index (κ1) is 14.3. The van der Waals surface area contributed by atoms with Crippen LogP contribution in [0.5, 0.6) is 5.75 Å². The lowest BCUT2D eigenvalue weighted by Gasteiger charge is -2.07. The molecule has 2 heterocycles. The van der Waals surface area contributed by atoms with Crippen LogP contribution in [-0.4, -0.2) is 28.2 Å². The van der Waals surface area contributed by atoms with Crippen molar-refractivity contribution in [3.8, 4) is 5.75 Å². The van der Waals surface area contributed by atoms with Gasteiger partial charge >= 0.3 is 0 Å². The highest BCUT2D eigenvalue weighted by Crippen LogP contribution is 2.29. The van der Waals surface area contributed by atoms with E-state index in [-0.39, 0.29) is 12.3 Å². The number of fused-ring (bicyclic) bond motifs is 2. The zero-order chi connectivity index (χ0) is 16.5. The topological polar surface area (TPSA) is 82.8 Å². The molecule has 1 amide bonds. The number of para-hydroxylation sites is 1. The van der Waals surface area contributed by atoms with Crippen molar-refractivity contribution in [2.24, 2.45) is 0 Å². The van der Waals surface area contributed by atoms with Crippen molar-refractivity contribution < 1.29 is 9.53 Å². The van der Waals surface area contributed by atoms with E-state index < -0.39 is 0 Å². The summed E-state index contributed by atoms with van der Waals surface area (Å²) in [5.74, 6) is 0.663. The average molecular weight is 320 g/mol. The summed E-state index contributed by atoms with van der Waals surface area (Å²) in [6.45, 7) is 0. The highest BCUT2D eigenvalue weighted by atomic mass is 16.5. The van der Waals surface area contributed by atoms with E-state index in [4.69, 9.17) is 4.74 Å². The number of ether oxygens (including phenoxy) is 1. The molecule has 120 valence electrons. The molecule has 0 atom stereocenters. The average Bonchev–Trinajstić information content (AvgIpc) is 3.22. The van der Waals surface area contributed by atoms with Gasteiger partial charge in [-0.2, -0.15) is 5.10 Å². The van der Waals surface area contributed by atoms with Gasteiger partial charge in [0, 0.05) is 22.5 Å². The third kappa shape index (κ3) is 2.38. The number of hydrogen-bond donors (Lipinski definition) is 3. The second-order valence-electron chi connectivity index (χ2n) is 5.56. The number of amides is 1. The van der Waals surface area contributed by atoms with Crippen LogP contribution >= 0.6 is 0 Å². The summed E-state index contributed by atoms with van der Waals surface area (Å²) in [6.07, 6.45) is 3.84. The summed E-state index contributed by atoms with van der Waals surface area (Å²) >= 11 is 0. The zero-order valence-electron chi connectivity index (χ0n) is 13.1. The lowest BCUT2D eigenvalue weighted by atomic mass is 10.1. The van der Waals surface area contributed by atoms with Crippen LogP contribution in [0.1, 0.15) is 5.56 Å². The molecule has 4 rings (SSSR count). The minimum atomic E-state index is -0.0936. The van der Waals surface area contributed by atoms with E-state index in [0.717, 1.165) is 38.8 Å². The van der Waals surface area contributed by atoms with Gasteiger partial charge in [0.25, 0.3) is 0 Å². The van der Waals surface area contributed by atoms with E-state index in [2.05, 4.69) is 20.5 Å². The van der Waals surface area contributed by atoms with E-state index in [9.17, 15) is 4.79 Å². The fourth-order valence-corrected chi connectivity index (χ4v) is 2.97. The molecule has 6 heteroatoms. The zero-order valence-corrected chi connectivity index (χ0v) is 13.1. The van der Waals surface area contributed by atoms with Crippen molar-refractivity contribution >= 4 is 33.4 Å². The molecule has 24 heavy (non-hydrogen) atoms. The number of aromatic amines is 2. The highest BCUT2D eigenvalue weighted by Gasteiger charge is 2.13. The standard InChI is InChI=1S/C18H16N4O2/c1-24-15-7-3-5-13-17(15)12(9-19-13)8-16(23)21-14-6-2-4-11-10-20-22-18(11)14/h2-7,9-10,19H,8H2,1H3,(H,20,22)(H,21,23). The molecule has 0 radical (unpaired) electrons. The first-order valence-corrected chi connectivity index (χ1v) is 7.61.